The van der Waals surface area contributed by atoms with Gasteiger partial charge in [-0.05, 0) is 11.6 Å². The number of nitrogens with two attached hydrogens (primary N) is 1. The molecule has 0 unspecified atom stereocenters. The average molecular weight is 180 g/mol. The second-order valence-electron chi connectivity index (χ2n) is 2.60. The van der Waals surface area contributed by atoms with E-state index in [1.807, 2.05) is 0 Å². The molecule has 4 nitrogen and oxygen atoms in total. The van der Waals surface area contributed by atoms with Crippen LogP contribution in [-0.4, -0.2) is 24.6 Å². The van der Waals surface area contributed by atoms with E-state index in [0.29, 0.717) is 0 Å². The topological polar surface area (TPSA) is 65.2 Å². The Hall–Kier alpha value is -1.42. The number of nitrogens with zero attached hydrogens (tertiary/aromatic N) is 1. The van der Waals surface area contributed by atoms with Crippen molar-refractivity contribution >= 4 is 5.97 Å². The van der Waals surface area contributed by atoms with Gasteiger partial charge in [-0.2, -0.15) is 0 Å². The molecule has 70 valence electrons. The molecule has 0 aliphatic carbocycles. The van der Waals surface area contributed by atoms with E-state index in [1.165, 1.54) is 7.11 Å². The highest BCUT2D eigenvalue weighted by molar-refractivity contribution is 5.78. The van der Waals surface area contributed by atoms with Crippen molar-refractivity contribution in [3.8, 4) is 0 Å². The van der Waals surface area contributed by atoms with Gasteiger partial charge in [-0.1, -0.05) is 6.07 Å². The third-order valence-electron chi connectivity index (χ3n) is 1.81. The van der Waals surface area contributed by atoms with Crippen LogP contribution >= 0.6 is 0 Å². The Labute approximate surface area is 76.7 Å². The summed E-state index contributed by atoms with van der Waals surface area (Å²) in [7, 11) is 1.35. The van der Waals surface area contributed by atoms with Crippen LogP contribution in [0.25, 0.3) is 0 Å². The van der Waals surface area contributed by atoms with Crippen molar-refractivity contribution in [1.29, 1.82) is 0 Å². The van der Waals surface area contributed by atoms with Crippen LogP contribution in [-0.2, 0) is 9.53 Å². The lowest BCUT2D eigenvalue weighted by Crippen LogP contribution is -2.22. The van der Waals surface area contributed by atoms with Crippen LogP contribution in [0.15, 0.2) is 24.5 Å². The van der Waals surface area contributed by atoms with Crippen LogP contribution in [0.1, 0.15) is 11.5 Å². The van der Waals surface area contributed by atoms with E-state index in [4.69, 9.17) is 5.73 Å². The average Bonchev–Trinajstić information content (AvgIpc) is 2.20. The number of pyridine rings is 1. The molecule has 1 aromatic heterocycles. The maximum Gasteiger partial charge on any atom is 0.314 e. The maximum absolute atomic E-state index is 11.2. The Kier molecular flexibility index (Phi) is 3.40. The molecule has 0 spiro atoms. The molecular formula is C9H12N2O2. The first-order valence-corrected chi connectivity index (χ1v) is 3.97. The number of hydrogen-bond acceptors (Lipinski definition) is 4. The molecule has 0 aromatic carbocycles. The van der Waals surface area contributed by atoms with E-state index in [9.17, 15) is 4.79 Å². The largest absolute Gasteiger partial charge is 0.469 e. The Balaban J connectivity index is 2.85. The molecule has 0 aliphatic rings. The highest BCUT2D eigenvalue weighted by Crippen LogP contribution is 2.13. The van der Waals surface area contributed by atoms with E-state index in [0.717, 1.165) is 5.56 Å². The van der Waals surface area contributed by atoms with Gasteiger partial charge in [-0.15, -0.1) is 0 Å². The Morgan fingerprint density at radius 1 is 1.77 bits per heavy atom. The van der Waals surface area contributed by atoms with E-state index >= 15 is 0 Å². The van der Waals surface area contributed by atoms with Gasteiger partial charge < -0.3 is 10.5 Å². The summed E-state index contributed by atoms with van der Waals surface area (Å²) in [5.41, 5.74) is 6.24. The first-order valence-electron chi connectivity index (χ1n) is 3.97. The minimum atomic E-state index is -0.404. The molecule has 0 saturated heterocycles. The molecule has 4 heteroatoms. The summed E-state index contributed by atoms with van der Waals surface area (Å²) < 4.78 is 4.61. The van der Waals surface area contributed by atoms with Crippen molar-refractivity contribution in [3.63, 3.8) is 0 Å². The molecular weight excluding hydrogens is 168 g/mol. The third kappa shape index (κ3) is 2.26. The van der Waals surface area contributed by atoms with Crippen LogP contribution < -0.4 is 5.73 Å². The van der Waals surface area contributed by atoms with Crippen LogP contribution in [0.2, 0.25) is 0 Å². The molecule has 1 aromatic rings. The van der Waals surface area contributed by atoms with Crippen molar-refractivity contribution in [2.75, 3.05) is 13.7 Å². The molecule has 0 saturated carbocycles. The van der Waals surface area contributed by atoms with E-state index in [2.05, 4.69) is 9.72 Å². The molecule has 2 N–H and O–H groups in total. The van der Waals surface area contributed by atoms with Gasteiger partial charge in [0.1, 0.15) is 0 Å². The minimum Gasteiger partial charge on any atom is -0.469 e. The van der Waals surface area contributed by atoms with Crippen molar-refractivity contribution in [1.82, 2.24) is 4.98 Å². The third-order valence-corrected chi connectivity index (χ3v) is 1.81. The molecule has 1 heterocycles. The molecule has 0 bridgehead atoms. The monoisotopic (exact) mass is 180 g/mol. The van der Waals surface area contributed by atoms with Crippen molar-refractivity contribution in [2.45, 2.75) is 5.92 Å². The minimum absolute atomic E-state index is 0.234. The first kappa shape index (κ1) is 9.67. The van der Waals surface area contributed by atoms with Gasteiger partial charge in [-0.25, -0.2) is 0 Å². The maximum atomic E-state index is 11.2. The second-order valence-corrected chi connectivity index (χ2v) is 2.60. The molecule has 1 atom stereocenters. The van der Waals surface area contributed by atoms with Gasteiger partial charge in [0.2, 0.25) is 0 Å². The van der Waals surface area contributed by atoms with Crippen molar-refractivity contribution in [2.24, 2.45) is 5.73 Å². The molecule has 1 rings (SSSR count). The first-order chi connectivity index (χ1) is 6.29. The highest BCUT2D eigenvalue weighted by atomic mass is 16.5. The number of aromatic nitrogens is 1. The normalized spacial score (nSPS) is 12.2. The van der Waals surface area contributed by atoms with Gasteiger partial charge in [0.15, 0.2) is 0 Å². The van der Waals surface area contributed by atoms with E-state index in [1.54, 1.807) is 24.5 Å². The van der Waals surface area contributed by atoms with Gasteiger partial charge in [0.05, 0.1) is 13.0 Å². The predicted molar refractivity (Wildman–Crippen MR) is 48.0 cm³/mol. The highest BCUT2D eigenvalue weighted by Gasteiger charge is 2.19. The summed E-state index contributed by atoms with van der Waals surface area (Å²) in [5.74, 6) is -0.728. The molecule has 13 heavy (non-hydrogen) atoms. The van der Waals surface area contributed by atoms with Gasteiger partial charge >= 0.3 is 5.97 Å². The Morgan fingerprint density at radius 3 is 3.00 bits per heavy atom. The number of rotatable bonds is 3. The quantitative estimate of drug-likeness (QED) is 0.679. The fourth-order valence-electron chi connectivity index (χ4n) is 1.09. The zero-order chi connectivity index (χ0) is 9.68. The molecule has 0 aliphatic heterocycles. The van der Waals surface area contributed by atoms with Crippen molar-refractivity contribution < 1.29 is 9.53 Å². The number of esters is 1. The molecule has 0 radical (unpaired) electrons. The zero-order valence-electron chi connectivity index (χ0n) is 7.43. The summed E-state index contributed by atoms with van der Waals surface area (Å²) in [6, 6.07) is 3.57. The van der Waals surface area contributed by atoms with E-state index < -0.39 is 5.92 Å². The van der Waals surface area contributed by atoms with Gasteiger partial charge in [0.25, 0.3) is 0 Å². The number of ether oxygens (including phenoxy) is 1. The number of hydrogen-bond donors (Lipinski definition) is 1. The summed E-state index contributed by atoms with van der Waals surface area (Å²) in [6.07, 6.45) is 3.27. The van der Waals surface area contributed by atoms with Crippen molar-refractivity contribution in [3.05, 3.63) is 30.1 Å². The Morgan fingerprint density at radius 2 is 2.54 bits per heavy atom. The van der Waals surface area contributed by atoms with Crippen LogP contribution in [0.5, 0.6) is 0 Å². The number of methoxy groups -OCH3 is 1. The zero-order valence-corrected chi connectivity index (χ0v) is 7.43. The fourth-order valence-corrected chi connectivity index (χ4v) is 1.09. The smallest absolute Gasteiger partial charge is 0.314 e. The SMILES string of the molecule is COC(=O)[C@H](CN)c1cccnc1. The summed E-state index contributed by atoms with van der Waals surface area (Å²) >= 11 is 0. The Bertz CT molecular complexity index is 274. The summed E-state index contributed by atoms with van der Waals surface area (Å²) in [6.45, 7) is 0.234. The lowest BCUT2D eigenvalue weighted by Gasteiger charge is -2.11. The molecule has 0 amide bonds. The fraction of sp³-hybridized carbons (Fsp3) is 0.333. The van der Waals surface area contributed by atoms with Crippen LogP contribution in [0.3, 0.4) is 0 Å². The van der Waals surface area contributed by atoms with E-state index in [-0.39, 0.29) is 12.5 Å². The second kappa shape index (κ2) is 4.57. The molecule has 0 fully saturated rings. The lowest BCUT2D eigenvalue weighted by atomic mass is 10.0. The van der Waals surface area contributed by atoms with Gasteiger partial charge in [-0.3, -0.25) is 9.78 Å². The summed E-state index contributed by atoms with van der Waals surface area (Å²) in [4.78, 5) is 15.1. The number of carbonyl (C=O) groups excluding carboxylic acids is 1. The van der Waals surface area contributed by atoms with Crippen LogP contribution in [0, 0.1) is 0 Å². The standard InChI is InChI=1S/C9H12N2O2/c1-13-9(12)8(5-10)7-3-2-4-11-6-7/h2-4,6,8H,5,10H2,1H3/t8-/m1/s1. The van der Waals surface area contributed by atoms with Gasteiger partial charge in [0, 0.05) is 18.9 Å². The summed E-state index contributed by atoms with van der Waals surface area (Å²) in [5, 5.41) is 0. The lowest BCUT2D eigenvalue weighted by molar-refractivity contribution is -0.142. The predicted octanol–water partition coefficient (Wildman–Crippen LogP) is 0.297. The number of carbonyl (C=O) groups is 1. The van der Waals surface area contributed by atoms with Crippen LogP contribution in [0.4, 0.5) is 0 Å².